The third-order valence-electron chi connectivity index (χ3n) is 17.0. The van der Waals surface area contributed by atoms with Gasteiger partial charge >= 0.3 is 19.8 Å². The summed E-state index contributed by atoms with van der Waals surface area (Å²) in [6.07, 6.45) is 83.0. The Bertz CT molecular complexity index is 1460. The second-order valence-corrected chi connectivity index (χ2v) is 28.1. The Morgan fingerprint density at radius 1 is 0.369 bits per heavy atom. The predicted molar refractivity (Wildman–Crippen MR) is 363 cm³/mol. The summed E-state index contributed by atoms with van der Waals surface area (Å²) in [6.45, 7) is 4.51. The molecule has 0 saturated carbocycles. The van der Waals surface area contributed by atoms with Gasteiger partial charge in [-0.1, -0.05) is 353 Å². The van der Waals surface area contributed by atoms with Gasteiger partial charge in [0.05, 0.1) is 27.7 Å². The molecule has 0 aromatic heterocycles. The Kier molecular flexibility index (Phi) is 64.7. The fraction of sp³-hybridized carbons (Fsp3) is 0.919. The second-order valence-electron chi connectivity index (χ2n) is 26.7. The summed E-state index contributed by atoms with van der Waals surface area (Å²) in [4.78, 5) is 35.9. The van der Waals surface area contributed by atoms with E-state index in [-0.39, 0.29) is 25.6 Å². The molecular weight excluding hydrogens is 1060 g/mol. The van der Waals surface area contributed by atoms with Gasteiger partial charge in [0.1, 0.15) is 19.8 Å². The molecule has 0 fully saturated rings. The number of quaternary nitrogens is 1. The summed E-state index contributed by atoms with van der Waals surface area (Å²) in [7, 11) is 1.50. The molecule has 0 heterocycles. The van der Waals surface area contributed by atoms with Gasteiger partial charge in [-0.05, 0) is 44.9 Å². The van der Waals surface area contributed by atoms with Gasteiger partial charge in [0, 0.05) is 12.8 Å². The SMILES string of the molecule is CCCCCCC/C=C\C/C=C\CCCCCCCCCCCCCCCCCCCCCC(=O)OC(COC(=O)CCCCCCCCCCCCCCCCCCCCCCCCCCCCCCC)COP(=O)(O)OCC[N+](C)(C)C. The molecule has 0 bridgehead atoms. The Morgan fingerprint density at radius 3 is 0.940 bits per heavy atom. The number of phosphoric ester groups is 1. The van der Waals surface area contributed by atoms with E-state index in [4.69, 9.17) is 18.5 Å². The van der Waals surface area contributed by atoms with E-state index >= 15 is 0 Å². The first-order valence-corrected chi connectivity index (χ1v) is 38.6. The van der Waals surface area contributed by atoms with Gasteiger partial charge in [-0.25, -0.2) is 4.57 Å². The number of hydrogen-bond acceptors (Lipinski definition) is 7. The highest BCUT2D eigenvalue weighted by atomic mass is 31.2. The molecule has 0 radical (unpaired) electrons. The number of carbonyl (C=O) groups excluding carboxylic acids is 2. The molecule has 0 amide bonds. The van der Waals surface area contributed by atoms with Crippen molar-refractivity contribution < 1.29 is 42.1 Å². The van der Waals surface area contributed by atoms with Gasteiger partial charge in [0.15, 0.2) is 6.10 Å². The third-order valence-corrected chi connectivity index (χ3v) is 18.0. The van der Waals surface area contributed by atoms with Crippen molar-refractivity contribution in [3.8, 4) is 0 Å². The lowest BCUT2D eigenvalue weighted by Crippen LogP contribution is -2.37. The van der Waals surface area contributed by atoms with Crippen LogP contribution in [0.4, 0.5) is 0 Å². The number of esters is 2. The molecule has 0 aliphatic rings. The number of nitrogens with zero attached hydrogens (tertiary/aromatic N) is 1. The maximum absolute atomic E-state index is 12.9. The molecule has 0 rings (SSSR count). The van der Waals surface area contributed by atoms with Crippen LogP contribution < -0.4 is 0 Å². The molecule has 0 aliphatic heterocycles. The van der Waals surface area contributed by atoms with Crippen LogP contribution in [0.2, 0.25) is 0 Å². The third kappa shape index (κ3) is 69.6. The van der Waals surface area contributed by atoms with Gasteiger partial charge in [-0.15, -0.1) is 0 Å². The van der Waals surface area contributed by atoms with E-state index < -0.39 is 26.5 Å². The van der Waals surface area contributed by atoms with Crippen molar-refractivity contribution >= 4 is 19.8 Å². The van der Waals surface area contributed by atoms with Gasteiger partial charge < -0.3 is 18.9 Å². The minimum atomic E-state index is -4.39. The average molecular weight is 1210 g/mol. The molecule has 84 heavy (non-hydrogen) atoms. The predicted octanol–water partition coefficient (Wildman–Crippen LogP) is 24.1. The summed E-state index contributed by atoms with van der Waals surface area (Å²) in [5.41, 5.74) is 0. The minimum absolute atomic E-state index is 0.0358. The first-order chi connectivity index (χ1) is 41.0. The molecule has 0 aromatic carbocycles. The van der Waals surface area contributed by atoms with E-state index in [0.29, 0.717) is 23.9 Å². The number of unbranched alkanes of at least 4 members (excludes halogenated alkanes) is 52. The topological polar surface area (TPSA) is 108 Å². The quantitative estimate of drug-likeness (QED) is 0.0211. The van der Waals surface area contributed by atoms with E-state index in [1.165, 1.54) is 315 Å². The van der Waals surface area contributed by atoms with Crippen LogP contribution in [0.1, 0.15) is 386 Å². The van der Waals surface area contributed by atoms with Crippen LogP contribution in [-0.4, -0.2) is 74.9 Å². The van der Waals surface area contributed by atoms with Crippen molar-refractivity contribution in [3.05, 3.63) is 24.3 Å². The molecule has 498 valence electrons. The maximum Gasteiger partial charge on any atom is 0.472 e. The van der Waals surface area contributed by atoms with E-state index in [2.05, 4.69) is 38.2 Å². The van der Waals surface area contributed by atoms with Crippen LogP contribution in [0.15, 0.2) is 24.3 Å². The first kappa shape index (κ1) is 82.5. The highest BCUT2D eigenvalue weighted by molar-refractivity contribution is 7.47. The van der Waals surface area contributed by atoms with Gasteiger partial charge in [0.25, 0.3) is 0 Å². The molecule has 2 unspecified atom stereocenters. The number of ether oxygens (including phenoxy) is 2. The first-order valence-electron chi connectivity index (χ1n) is 37.1. The van der Waals surface area contributed by atoms with Crippen molar-refractivity contribution in [1.82, 2.24) is 0 Å². The molecule has 0 saturated heterocycles. The summed E-state index contributed by atoms with van der Waals surface area (Å²) in [5.74, 6) is -0.771. The van der Waals surface area contributed by atoms with Crippen molar-refractivity contribution in [2.45, 2.75) is 392 Å². The number of rotatable bonds is 70. The smallest absolute Gasteiger partial charge is 0.462 e. The zero-order valence-electron chi connectivity index (χ0n) is 56.9. The van der Waals surface area contributed by atoms with Crippen molar-refractivity contribution in [2.75, 3.05) is 47.5 Å². The van der Waals surface area contributed by atoms with Gasteiger partial charge in [-0.3, -0.25) is 18.6 Å². The Hall–Kier alpha value is -1.51. The standard InChI is InChI=1S/C74H144NO8P/c1-6-8-10-12-14-16-18-20-22-24-26-28-30-32-34-36-37-39-41-43-45-47-49-51-53-55-57-59-61-63-65-67-74(77)83-72(71-82-84(78,79)81-69-68-75(3,4)5)70-80-73(76)66-64-62-60-58-56-54-52-50-48-46-44-42-40-38-35-33-31-29-27-25-23-21-19-17-15-13-11-9-7-2/h18,20,24,26,72H,6-17,19,21-23,25,27-71H2,1-5H3/p+1/b20-18-,26-24-. The van der Waals surface area contributed by atoms with Gasteiger partial charge in [0.2, 0.25) is 0 Å². The zero-order chi connectivity index (χ0) is 61.2. The van der Waals surface area contributed by atoms with Crippen molar-refractivity contribution in [1.29, 1.82) is 0 Å². The monoisotopic (exact) mass is 1210 g/mol. The maximum atomic E-state index is 12.9. The van der Waals surface area contributed by atoms with E-state index in [1.807, 2.05) is 21.1 Å². The molecule has 2 atom stereocenters. The Labute approximate surface area is 523 Å². The number of phosphoric acid groups is 1. The van der Waals surface area contributed by atoms with Crippen molar-refractivity contribution in [2.24, 2.45) is 0 Å². The lowest BCUT2D eigenvalue weighted by atomic mass is 10.0. The summed E-state index contributed by atoms with van der Waals surface area (Å²) in [5, 5.41) is 0. The lowest BCUT2D eigenvalue weighted by molar-refractivity contribution is -0.870. The van der Waals surface area contributed by atoms with Crippen LogP contribution in [0.5, 0.6) is 0 Å². The summed E-state index contributed by atoms with van der Waals surface area (Å²) >= 11 is 0. The highest BCUT2D eigenvalue weighted by Crippen LogP contribution is 2.43. The number of likely N-dealkylation sites (N-methyl/N-ethyl adjacent to an activating group) is 1. The van der Waals surface area contributed by atoms with Crippen LogP contribution in [0.25, 0.3) is 0 Å². The largest absolute Gasteiger partial charge is 0.472 e. The molecule has 0 spiro atoms. The fourth-order valence-corrected chi connectivity index (χ4v) is 12.0. The Morgan fingerprint density at radius 2 is 0.643 bits per heavy atom. The summed E-state index contributed by atoms with van der Waals surface area (Å²) < 4.78 is 34.8. The number of carbonyl (C=O) groups is 2. The fourth-order valence-electron chi connectivity index (χ4n) is 11.3. The minimum Gasteiger partial charge on any atom is -0.462 e. The van der Waals surface area contributed by atoms with E-state index in [0.717, 1.165) is 38.5 Å². The average Bonchev–Trinajstić information content (AvgIpc) is 3.61. The molecule has 1 N–H and O–H groups in total. The zero-order valence-corrected chi connectivity index (χ0v) is 57.8. The molecule has 10 heteroatoms. The lowest BCUT2D eigenvalue weighted by Gasteiger charge is -2.24. The van der Waals surface area contributed by atoms with E-state index in [9.17, 15) is 19.0 Å². The van der Waals surface area contributed by atoms with Crippen LogP contribution in [-0.2, 0) is 32.7 Å². The molecule has 0 aromatic rings. The van der Waals surface area contributed by atoms with Crippen molar-refractivity contribution in [3.63, 3.8) is 0 Å². The summed E-state index contributed by atoms with van der Waals surface area (Å²) in [6, 6.07) is 0. The van der Waals surface area contributed by atoms with Crippen LogP contribution in [0.3, 0.4) is 0 Å². The molecule has 0 aliphatic carbocycles. The second kappa shape index (κ2) is 65.9. The molecule has 9 nitrogen and oxygen atoms in total. The molecular formula is C74H145NO8P+. The van der Waals surface area contributed by atoms with Crippen LogP contribution >= 0.6 is 7.82 Å². The number of hydrogen-bond donors (Lipinski definition) is 1. The Balaban J connectivity index is 3.96. The number of allylic oxidation sites excluding steroid dienone is 4. The van der Waals surface area contributed by atoms with E-state index in [1.54, 1.807) is 0 Å². The highest BCUT2D eigenvalue weighted by Gasteiger charge is 2.27. The normalized spacial score (nSPS) is 13.2. The van der Waals surface area contributed by atoms with Crippen LogP contribution in [0, 0.1) is 0 Å². The van der Waals surface area contributed by atoms with Gasteiger partial charge in [-0.2, -0.15) is 0 Å².